The van der Waals surface area contributed by atoms with E-state index in [1.54, 1.807) is 0 Å². The Labute approximate surface area is 88.3 Å². The fourth-order valence-corrected chi connectivity index (χ4v) is 1.12. The molecule has 0 aromatic heterocycles. The number of hydrogen-bond donors (Lipinski definition) is 1. The smallest absolute Gasteiger partial charge is 0.269 e. The Hall–Kier alpha value is -1.47. The third-order valence-electron chi connectivity index (χ3n) is 1.57. The molecule has 0 fully saturated rings. The molecule has 6 nitrogen and oxygen atoms in total. The lowest BCUT2D eigenvalue weighted by atomic mass is 10.3. The SMILES string of the molecule is O=[N+]([O-])c1ccc(OCCS(=O)O)cc1. The van der Waals surface area contributed by atoms with E-state index < -0.39 is 16.0 Å². The summed E-state index contributed by atoms with van der Waals surface area (Å²) in [6.45, 7) is 0.0981. The Bertz CT molecular complexity index is 364. The molecule has 0 heterocycles. The zero-order valence-corrected chi connectivity index (χ0v) is 8.48. The maximum absolute atomic E-state index is 10.3. The predicted octanol–water partition coefficient (Wildman–Crippen LogP) is 1.20. The van der Waals surface area contributed by atoms with Crippen LogP contribution in [0.3, 0.4) is 0 Å². The average molecular weight is 231 g/mol. The van der Waals surface area contributed by atoms with Gasteiger partial charge in [-0.15, -0.1) is 0 Å². The van der Waals surface area contributed by atoms with Crippen molar-refractivity contribution in [3.63, 3.8) is 0 Å². The molecule has 1 aromatic carbocycles. The van der Waals surface area contributed by atoms with Gasteiger partial charge in [0.25, 0.3) is 5.69 Å². The summed E-state index contributed by atoms with van der Waals surface area (Å²) in [4.78, 5) is 9.80. The van der Waals surface area contributed by atoms with Crippen molar-refractivity contribution < 1.29 is 18.4 Å². The molecule has 0 radical (unpaired) electrons. The van der Waals surface area contributed by atoms with Crippen molar-refractivity contribution in [1.82, 2.24) is 0 Å². The van der Waals surface area contributed by atoms with E-state index in [0.717, 1.165) is 0 Å². The van der Waals surface area contributed by atoms with Crippen LogP contribution in [-0.2, 0) is 11.1 Å². The lowest BCUT2D eigenvalue weighted by molar-refractivity contribution is -0.384. The van der Waals surface area contributed by atoms with Crippen LogP contribution in [0.5, 0.6) is 5.75 Å². The normalized spacial score (nSPS) is 12.1. The molecule has 0 amide bonds. The summed E-state index contributed by atoms with van der Waals surface area (Å²) in [6.07, 6.45) is 0. The summed E-state index contributed by atoms with van der Waals surface area (Å²) in [5, 5.41) is 10.3. The quantitative estimate of drug-likeness (QED) is 0.467. The summed E-state index contributed by atoms with van der Waals surface area (Å²) in [5.41, 5.74) is -0.0203. The number of non-ortho nitro benzene ring substituents is 1. The van der Waals surface area contributed by atoms with Gasteiger partial charge in [0.15, 0.2) is 11.1 Å². The number of nitrogens with zero attached hydrogens (tertiary/aromatic N) is 1. The molecule has 1 aromatic rings. The largest absolute Gasteiger partial charge is 0.493 e. The van der Waals surface area contributed by atoms with Crippen LogP contribution in [0.25, 0.3) is 0 Å². The second-order valence-electron chi connectivity index (χ2n) is 2.63. The van der Waals surface area contributed by atoms with Crippen molar-refractivity contribution in [2.24, 2.45) is 0 Å². The molecule has 1 atom stereocenters. The minimum atomic E-state index is -1.88. The van der Waals surface area contributed by atoms with Gasteiger partial charge in [0.05, 0.1) is 10.7 Å². The van der Waals surface area contributed by atoms with Crippen molar-refractivity contribution in [2.45, 2.75) is 0 Å². The summed E-state index contributed by atoms with van der Waals surface area (Å²) in [5.74, 6) is 0.447. The van der Waals surface area contributed by atoms with E-state index in [9.17, 15) is 14.3 Å². The molecule has 15 heavy (non-hydrogen) atoms. The highest BCUT2D eigenvalue weighted by atomic mass is 32.2. The molecule has 0 aliphatic rings. The zero-order chi connectivity index (χ0) is 11.3. The van der Waals surface area contributed by atoms with Crippen molar-refractivity contribution >= 4 is 16.8 Å². The molecular weight excluding hydrogens is 222 g/mol. The number of nitro benzene ring substituents is 1. The van der Waals surface area contributed by atoms with Gasteiger partial charge in [0.1, 0.15) is 12.4 Å². The third kappa shape index (κ3) is 4.05. The molecule has 0 bridgehead atoms. The summed E-state index contributed by atoms with van der Waals surface area (Å²) >= 11 is -1.88. The van der Waals surface area contributed by atoms with E-state index in [1.807, 2.05) is 0 Å². The minimum absolute atomic E-state index is 0.0109. The summed E-state index contributed by atoms with van der Waals surface area (Å²) in [7, 11) is 0. The molecule has 0 spiro atoms. The second kappa shape index (κ2) is 5.42. The van der Waals surface area contributed by atoms with Crippen LogP contribution in [-0.4, -0.2) is 26.0 Å². The van der Waals surface area contributed by atoms with Crippen molar-refractivity contribution in [1.29, 1.82) is 0 Å². The molecule has 1 rings (SSSR count). The lowest BCUT2D eigenvalue weighted by Gasteiger charge is -2.03. The number of rotatable bonds is 5. The van der Waals surface area contributed by atoms with Crippen LogP contribution < -0.4 is 4.74 Å². The van der Waals surface area contributed by atoms with Gasteiger partial charge in [-0.05, 0) is 12.1 Å². The van der Waals surface area contributed by atoms with Crippen molar-refractivity contribution in [3.05, 3.63) is 34.4 Å². The first-order chi connectivity index (χ1) is 7.09. The van der Waals surface area contributed by atoms with Crippen molar-refractivity contribution in [3.8, 4) is 5.75 Å². The Morgan fingerprint density at radius 2 is 2.00 bits per heavy atom. The predicted molar refractivity (Wildman–Crippen MR) is 54.2 cm³/mol. The molecule has 0 saturated heterocycles. The van der Waals surface area contributed by atoms with Gasteiger partial charge in [-0.2, -0.15) is 0 Å². The van der Waals surface area contributed by atoms with E-state index >= 15 is 0 Å². The van der Waals surface area contributed by atoms with E-state index in [-0.39, 0.29) is 18.0 Å². The highest BCUT2D eigenvalue weighted by Crippen LogP contribution is 2.16. The van der Waals surface area contributed by atoms with Crippen LogP contribution in [0, 0.1) is 10.1 Å². The fourth-order valence-electron chi connectivity index (χ4n) is 0.895. The first-order valence-corrected chi connectivity index (χ1v) is 5.32. The summed E-state index contributed by atoms with van der Waals surface area (Å²) in [6, 6.07) is 5.51. The summed E-state index contributed by atoms with van der Waals surface area (Å²) < 4.78 is 23.8. The Balaban J connectivity index is 2.50. The third-order valence-corrected chi connectivity index (χ3v) is 2.09. The van der Waals surface area contributed by atoms with Gasteiger partial charge >= 0.3 is 0 Å². The molecule has 1 unspecified atom stereocenters. The van der Waals surface area contributed by atoms with Crippen LogP contribution in [0.2, 0.25) is 0 Å². The monoisotopic (exact) mass is 231 g/mol. The molecule has 0 aliphatic carbocycles. The Kier molecular flexibility index (Phi) is 4.19. The van der Waals surface area contributed by atoms with Gasteiger partial charge in [-0.3, -0.25) is 10.1 Å². The molecule has 1 N–H and O–H groups in total. The van der Waals surface area contributed by atoms with Crippen LogP contribution in [0.4, 0.5) is 5.69 Å². The van der Waals surface area contributed by atoms with E-state index in [4.69, 9.17) is 9.29 Å². The molecule has 0 saturated carbocycles. The van der Waals surface area contributed by atoms with Gasteiger partial charge in [0, 0.05) is 12.1 Å². The number of nitro groups is 1. The minimum Gasteiger partial charge on any atom is -0.493 e. The van der Waals surface area contributed by atoms with Gasteiger partial charge in [0.2, 0.25) is 0 Å². The highest BCUT2D eigenvalue weighted by Gasteiger charge is 2.04. The van der Waals surface area contributed by atoms with E-state index in [2.05, 4.69) is 0 Å². The van der Waals surface area contributed by atoms with Crippen LogP contribution >= 0.6 is 0 Å². The molecular formula is C8H9NO5S. The Morgan fingerprint density at radius 3 is 2.47 bits per heavy atom. The van der Waals surface area contributed by atoms with Gasteiger partial charge < -0.3 is 9.29 Å². The average Bonchev–Trinajstić information content (AvgIpc) is 2.18. The maximum atomic E-state index is 10.3. The topological polar surface area (TPSA) is 89.7 Å². The second-order valence-corrected chi connectivity index (χ2v) is 3.68. The lowest BCUT2D eigenvalue weighted by Crippen LogP contribution is -2.07. The highest BCUT2D eigenvalue weighted by molar-refractivity contribution is 7.79. The van der Waals surface area contributed by atoms with Gasteiger partial charge in [-0.1, -0.05) is 0 Å². The van der Waals surface area contributed by atoms with Crippen LogP contribution in [0.15, 0.2) is 24.3 Å². The zero-order valence-electron chi connectivity index (χ0n) is 7.66. The first-order valence-electron chi connectivity index (χ1n) is 4.04. The molecule has 0 aliphatic heterocycles. The van der Waals surface area contributed by atoms with Crippen molar-refractivity contribution in [2.75, 3.05) is 12.4 Å². The molecule has 82 valence electrons. The molecule has 7 heteroatoms. The first kappa shape index (κ1) is 11.6. The number of ether oxygens (including phenoxy) is 1. The Morgan fingerprint density at radius 1 is 1.40 bits per heavy atom. The maximum Gasteiger partial charge on any atom is 0.269 e. The van der Waals surface area contributed by atoms with Gasteiger partial charge in [-0.25, -0.2) is 4.21 Å². The number of hydrogen-bond acceptors (Lipinski definition) is 4. The number of benzene rings is 1. The van der Waals surface area contributed by atoms with E-state index in [1.165, 1.54) is 24.3 Å². The van der Waals surface area contributed by atoms with E-state index in [0.29, 0.717) is 5.75 Å². The standard InChI is InChI=1S/C8H9NO5S/c10-9(11)7-1-3-8(4-2-7)14-5-6-15(12)13/h1-4H,5-6H2,(H,12,13). The van der Waals surface area contributed by atoms with Crippen LogP contribution in [0.1, 0.15) is 0 Å². The fraction of sp³-hybridized carbons (Fsp3) is 0.250.